The second-order valence-electron chi connectivity index (χ2n) is 4.95. The highest BCUT2D eigenvalue weighted by Crippen LogP contribution is 2.33. The lowest BCUT2D eigenvalue weighted by molar-refractivity contribution is 0.152. The minimum Gasteiger partial charge on any atom is -0.465 e. The molecule has 0 saturated carbocycles. The number of likely N-dealkylation sites (tertiary alicyclic amines) is 1. The van der Waals surface area contributed by atoms with Gasteiger partial charge in [0.05, 0.1) is 12.9 Å². The third kappa shape index (κ3) is 3.71. The second-order valence-corrected chi connectivity index (χ2v) is 6.60. The molecule has 7 heteroatoms. The lowest BCUT2D eigenvalue weighted by Gasteiger charge is -2.17. The molecule has 1 aromatic carbocycles. The Morgan fingerprint density at radius 3 is 2.55 bits per heavy atom. The summed E-state index contributed by atoms with van der Waals surface area (Å²) in [4.78, 5) is 12.4. The van der Waals surface area contributed by atoms with E-state index in [1.807, 2.05) is 30.3 Å². The zero-order chi connectivity index (χ0) is 14.8. The van der Waals surface area contributed by atoms with Crippen LogP contribution in [-0.4, -0.2) is 50.5 Å². The molecule has 1 aromatic rings. The molecule has 0 aliphatic carbocycles. The van der Waals surface area contributed by atoms with E-state index in [-0.39, 0.29) is 25.0 Å². The van der Waals surface area contributed by atoms with E-state index in [4.69, 9.17) is 9.29 Å². The number of carbonyl (C=O) groups is 1. The highest BCUT2D eigenvalue weighted by molar-refractivity contribution is 7.85. The van der Waals surface area contributed by atoms with Crippen LogP contribution >= 0.6 is 0 Å². The van der Waals surface area contributed by atoms with Crippen LogP contribution in [-0.2, 0) is 14.3 Å². The van der Waals surface area contributed by atoms with Gasteiger partial charge in [0.2, 0.25) is 0 Å². The molecular weight excluding hydrogens is 282 g/mol. The lowest BCUT2D eigenvalue weighted by Crippen LogP contribution is -2.27. The molecule has 1 saturated heterocycles. The summed E-state index contributed by atoms with van der Waals surface area (Å²) in [5.74, 6) is -0.211. The Morgan fingerprint density at radius 1 is 1.35 bits per heavy atom. The molecular formula is C13H17NO5S. The van der Waals surface area contributed by atoms with Gasteiger partial charge in [-0.15, -0.1) is 0 Å². The highest BCUT2D eigenvalue weighted by Gasteiger charge is 2.36. The van der Waals surface area contributed by atoms with Gasteiger partial charge in [0.15, 0.2) is 0 Å². The van der Waals surface area contributed by atoms with E-state index < -0.39 is 16.2 Å². The summed E-state index contributed by atoms with van der Waals surface area (Å²) >= 11 is 0. The summed E-state index contributed by atoms with van der Waals surface area (Å²) in [6.07, 6.45) is 0.00169. The molecule has 0 spiro atoms. The molecule has 1 aliphatic rings. The van der Waals surface area contributed by atoms with Gasteiger partial charge in [0.1, 0.15) is 0 Å². The van der Waals surface area contributed by atoms with Crippen LogP contribution in [0, 0.1) is 5.92 Å². The molecule has 110 valence electrons. The van der Waals surface area contributed by atoms with Crippen LogP contribution in [0.2, 0.25) is 0 Å². The molecule has 1 N–H and O–H groups in total. The molecule has 1 aliphatic heterocycles. The van der Waals surface area contributed by atoms with E-state index in [9.17, 15) is 13.2 Å². The van der Waals surface area contributed by atoms with Gasteiger partial charge in [-0.1, -0.05) is 30.3 Å². The summed E-state index contributed by atoms with van der Waals surface area (Å²) in [5, 5.41) is 9.09. The monoisotopic (exact) mass is 299 g/mol. The van der Waals surface area contributed by atoms with Crippen molar-refractivity contribution in [3.8, 4) is 0 Å². The normalized spacial score (nSPS) is 22.9. The predicted octanol–water partition coefficient (Wildman–Crippen LogP) is 1.36. The molecule has 0 radical (unpaired) electrons. The average molecular weight is 299 g/mol. The maximum Gasteiger partial charge on any atom is 0.407 e. The molecule has 0 aromatic heterocycles. The van der Waals surface area contributed by atoms with Gasteiger partial charge in [0.25, 0.3) is 10.1 Å². The smallest absolute Gasteiger partial charge is 0.407 e. The first-order chi connectivity index (χ1) is 9.37. The van der Waals surface area contributed by atoms with Crippen molar-refractivity contribution in [2.45, 2.75) is 5.92 Å². The maximum absolute atomic E-state index is 11.1. The molecule has 2 rings (SSSR count). The number of hydrogen-bond donors (Lipinski definition) is 1. The quantitative estimate of drug-likeness (QED) is 0.849. The van der Waals surface area contributed by atoms with E-state index in [0.717, 1.165) is 11.8 Å². The average Bonchev–Trinajstić information content (AvgIpc) is 2.81. The Kier molecular flexibility index (Phi) is 4.29. The fourth-order valence-corrected chi connectivity index (χ4v) is 2.91. The van der Waals surface area contributed by atoms with Crippen LogP contribution in [0.5, 0.6) is 0 Å². The van der Waals surface area contributed by atoms with Crippen molar-refractivity contribution in [1.82, 2.24) is 4.90 Å². The second kappa shape index (κ2) is 5.80. The van der Waals surface area contributed by atoms with Crippen LogP contribution in [0.3, 0.4) is 0 Å². The maximum atomic E-state index is 11.1. The van der Waals surface area contributed by atoms with Crippen LogP contribution in [0.4, 0.5) is 4.79 Å². The number of benzene rings is 1. The number of carboxylic acid groups (broad SMARTS) is 1. The van der Waals surface area contributed by atoms with Gasteiger partial charge >= 0.3 is 6.09 Å². The predicted molar refractivity (Wildman–Crippen MR) is 73.1 cm³/mol. The minimum atomic E-state index is -3.52. The lowest BCUT2D eigenvalue weighted by atomic mass is 9.90. The first kappa shape index (κ1) is 14.8. The van der Waals surface area contributed by atoms with Crippen molar-refractivity contribution in [3.05, 3.63) is 35.9 Å². The number of hydrogen-bond acceptors (Lipinski definition) is 4. The van der Waals surface area contributed by atoms with Gasteiger partial charge in [0, 0.05) is 24.9 Å². The minimum absolute atomic E-state index is 0.00216. The van der Waals surface area contributed by atoms with Crippen molar-refractivity contribution in [2.75, 3.05) is 26.0 Å². The Labute approximate surface area is 118 Å². The molecule has 6 nitrogen and oxygen atoms in total. The molecule has 0 unspecified atom stereocenters. The summed E-state index contributed by atoms with van der Waals surface area (Å²) in [5.41, 5.74) is 0.998. The number of nitrogens with zero attached hydrogens (tertiary/aromatic N) is 1. The van der Waals surface area contributed by atoms with Gasteiger partial charge in [-0.2, -0.15) is 8.42 Å². The van der Waals surface area contributed by atoms with E-state index in [1.165, 1.54) is 4.90 Å². The molecule has 20 heavy (non-hydrogen) atoms. The number of amides is 1. The van der Waals surface area contributed by atoms with Gasteiger partial charge in [-0.05, 0) is 5.56 Å². The van der Waals surface area contributed by atoms with Crippen LogP contribution in [0.25, 0.3) is 0 Å². The van der Waals surface area contributed by atoms with E-state index in [0.29, 0.717) is 6.54 Å². The van der Waals surface area contributed by atoms with Gasteiger partial charge in [-0.25, -0.2) is 4.79 Å². The SMILES string of the molecule is CS(=O)(=O)OC[C@H]1CN(C(=O)O)C[C@@H]1c1ccccc1. The zero-order valence-corrected chi connectivity index (χ0v) is 11.9. The highest BCUT2D eigenvalue weighted by atomic mass is 32.2. The molecule has 0 bridgehead atoms. The van der Waals surface area contributed by atoms with Gasteiger partial charge in [-0.3, -0.25) is 4.18 Å². The van der Waals surface area contributed by atoms with E-state index >= 15 is 0 Å². The topological polar surface area (TPSA) is 83.9 Å². The van der Waals surface area contributed by atoms with Crippen molar-refractivity contribution < 1.29 is 22.5 Å². The van der Waals surface area contributed by atoms with Crippen LogP contribution in [0.15, 0.2) is 30.3 Å². The van der Waals surface area contributed by atoms with E-state index in [1.54, 1.807) is 0 Å². The first-order valence-corrected chi connectivity index (χ1v) is 8.05. The van der Waals surface area contributed by atoms with Crippen LogP contribution in [0.1, 0.15) is 11.5 Å². The summed E-state index contributed by atoms with van der Waals surface area (Å²) in [7, 11) is -3.52. The largest absolute Gasteiger partial charge is 0.465 e. The third-order valence-electron chi connectivity index (χ3n) is 3.44. The Morgan fingerprint density at radius 2 is 2.00 bits per heavy atom. The Bertz CT molecular complexity index is 572. The van der Waals surface area contributed by atoms with Crippen molar-refractivity contribution in [3.63, 3.8) is 0 Å². The standard InChI is InChI=1S/C13H17NO5S/c1-20(17,18)19-9-11-7-14(13(15)16)8-12(11)10-5-3-2-4-6-10/h2-6,11-12H,7-9H2,1H3,(H,15,16)/t11-,12-/m1/s1. The summed E-state index contributed by atoms with van der Waals surface area (Å²) < 4.78 is 27.0. The Hall–Kier alpha value is -1.60. The fraction of sp³-hybridized carbons (Fsp3) is 0.462. The molecule has 1 fully saturated rings. The van der Waals surface area contributed by atoms with Crippen molar-refractivity contribution in [1.29, 1.82) is 0 Å². The fourth-order valence-electron chi connectivity index (χ4n) is 2.49. The molecule has 1 amide bonds. The number of rotatable bonds is 4. The molecule has 2 atom stereocenters. The Balaban J connectivity index is 2.15. The zero-order valence-electron chi connectivity index (χ0n) is 11.1. The first-order valence-electron chi connectivity index (χ1n) is 6.24. The van der Waals surface area contributed by atoms with Gasteiger partial charge < -0.3 is 10.0 Å². The molecule has 1 heterocycles. The third-order valence-corrected chi connectivity index (χ3v) is 4.00. The summed E-state index contributed by atoms with van der Waals surface area (Å²) in [6, 6.07) is 9.49. The van der Waals surface area contributed by atoms with E-state index in [2.05, 4.69) is 0 Å². The summed E-state index contributed by atoms with van der Waals surface area (Å²) in [6.45, 7) is 0.643. The van der Waals surface area contributed by atoms with Crippen molar-refractivity contribution in [2.24, 2.45) is 5.92 Å². The van der Waals surface area contributed by atoms with Crippen molar-refractivity contribution >= 4 is 16.2 Å². The van der Waals surface area contributed by atoms with Crippen LogP contribution < -0.4 is 0 Å².